The van der Waals surface area contributed by atoms with Crippen LogP contribution in [0.1, 0.15) is 18.4 Å². The van der Waals surface area contributed by atoms with Crippen LogP contribution in [-0.4, -0.2) is 35.2 Å². The summed E-state index contributed by atoms with van der Waals surface area (Å²) >= 11 is 0. The van der Waals surface area contributed by atoms with Gasteiger partial charge < -0.3 is 9.47 Å². The van der Waals surface area contributed by atoms with E-state index in [1.807, 2.05) is 29.5 Å². The number of hydrogen-bond donors (Lipinski definition) is 1. The minimum absolute atomic E-state index is 0.288. The SMILES string of the molecule is c1cc2c(cc1-c1[nH]ncc1CN1CCCCO1)OCO2. The lowest BCUT2D eigenvalue weighted by atomic mass is 10.1. The molecule has 6 nitrogen and oxygen atoms in total. The molecule has 110 valence electrons. The van der Waals surface area contributed by atoms with Crippen molar-refractivity contribution in [1.29, 1.82) is 0 Å². The smallest absolute Gasteiger partial charge is 0.231 e. The van der Waals surface area contributed by atoms with Crippen molar-refractivity contribution in [2.24, 2.45) is 0 Å². The van der Waals surface area contributed by atoms with Crippen LogP contribution in [-0.2, 0) is 11.4 Å². The second-order valence-corrected chi connectivity index (χ2v) is 5.24. The Morgan fingerprint density at radius 3 is 3.05 bits per heavy atom. The Bertz CT molecular complexity index is 635. The summed E-state index contributed by atoms with van der Waals surface area (Å²) in [5.41, 5.74) is 3.17. The fraction of sp³-hybridized carbons (Fsp3) is 0.400. The number of aromatic amines is 1. The summed E-state index contributed by atoms with van der Waals surface area (Å²) in [6, 6.07) is 5.93. The van der Waals surface area contributed by atoms with Crippen LogP contribution in [0, 0.1) is 0 Å². The van der Waals surface area contributed by atoms with Crippen LogP contribution in [0.15, 0.2) is 24.4 Å². The van der Waals surface area contributed by atoms with Gasteiger partial charge >= 0.3 is 0 Å². The average molecular weight is 287 g/mol. The first-order chi connectivity index (χ1) is 10.4. The van der Waals surface area contributed by atoms with E-state index in [1.165, 1.54) is 6.42 Å². The van der Waals surface area contributed by atoms with Crippen molar-refractivity contribution in [2.75, 3.05) is 19.9 Å². The number of H-pyrrole nitrogens is 1. The molecule has 1 N–H and O–H groups in total. The first-order valence-electron chi connectivity index (χ1n) is 7.20. The molecule has 1 aromatic heterocycles. The zero-order valence-corrected chi connectivity index (χ0v) is 11.7. The Kier molecular flexibility index (Phi) is 3.25. The molecule has 0 aliphatic carbocycles. The molecular formula is C15H17N3O3. The van der Waals surface area contributed by atoms with E-state index in [1.54, 1.807) is 0 Å². The molecule has 0 amide bonds. The molecule has 0 unspecified atom stereocenters. The summed E-state index contributed by atoms with van der Waals surface area (Å²) in [5, 5.41) is 9.26. The summed E-state index contributed by atoms with van der Waals surface area (Å²) < 4.78 is 10.8. The van der Waals surface area contributed by atoms with Gasteiger partial charge in [-0.25, -0.2) is 0 Å². The summed E-state index contributed by atoms with van der Waals surface area (Å²) in [5.74, 6) is 1.57. The van der Waals surface area contributed by atoms with E-state index in [-0.39, 0.29) is 6.79 Å². The number of aromatic nitrogens is 2. The summed E-state index contributed by atoms with van der Waals surface area (Å²) in [7, 11) is 0. The van der Waals surface area contributed by atoms with Crippen LogP contribution in [0.5, 0.6) is 11.5 Å². The molecule has 0 saturated carbocycles. The maximum atomic E-state index is 5.66. The van der Waals surface area contributed by atoms with Gasteiger partial charge in [0.2, 0.25) is 6.79 Å². The van der Waals surface area contributed by atoms with Gasteiger partial charge in [-0.15, -0.1) is 0 Å². The van der Waals surface area contributed by atoms with E-state index >= 15 is 0 Å². The first kappa shape index (κ1) is 12.7. The molecule has 0 radical (unpaired) electrons. The van der Waals surface area contributed by atoms with E-state index in [2.05, 4.69) is 10.2 Å². The normalized spacial score (nSPS) is 18.1. The van der Waals surface area contributed by atoms with Gasteiger partial charge in [-0.1, -0.05) is 0 Å². The van der Waals surface area contributed by atoms with Gasteiger partial charge in [0.25, 0.3) is 0 Å². The molecule has 0 atom stereocenters. The van der Waals surface area contributed by atoms with Crippen molar-refractivity contribution in [3.8, 4) is 22.8 Å². The van der Waals surface area contributed by atoms with Gasteiger partial charge in [0, 0.05) is 17.7 Å². The molecule has 1 saturated heterocycles. The molecule has 2 aliphatic rings. The maximum Gasteiger partial charge on any atom is 0.231 e. The third-order valence-corrected chi connectivity index (χ3v) is 3.80. The van der Waals surface area contributed by atoms with E-state index in [0.29, 0.717) is 0 Å². The van der Waals surface area contributed by atoms with E-state index in [9.17, 15) is 0 Å². The predicted octanol–water partition coefficient (Wildman–Crippen LogP) is 2.33. The van der Waals surface area contributed by atoms with Crippen LogP contribution in [0.4, 0.5) is 0 Å². The Hall–Kier alpha value is -2.05. The highest BCUT2D eigenvalue weighted by molar-refractivity contribution is 5.66. The average Bonchev–Trinajstić information content (AvgIpc) is 3.16. The molecule has 2 aliphatic heterocycles. The monoisotopic (exact) mass is 287 g/mol. The van der Waals surface area contributed by atoms with Crippen molar-refractivity contribution in [1.82, 2.24) is 15.3 Å². The number of benzene rings is 1. The summed E-state index contributed by atoms with van der Waals surface area (Å²) in [4.78, 5) is 5.66. The molecule has 3 heterocycles. The fourth-order valence-corrected chi connectivity index (χ4v) is 2.70. The van der Waals surface area contributed by atoms with Crippen LogP contribution in [0.25, 0.3) is 11.3 Å². The quantitative estimate of drug-likeness (QED) is 0.939. The van der Waals surface area contributed by atoms with Gasteiger partial charge in [-0.3, -0.25) is 9.94 Å². The number of ether oxygens (including phenoxy) is 2. The third-order valence-electron chi connectivity index (χ3n) is 3.80. The molecule has 2 aromatic rings. The molecule has 1 aromatic carbocycles. The number of nitrogens with zero attached hydrogens (tertiary/aromatic N) is 2. The molecule has 1 fully saturated rings. The number of nitrogens with one attached hydrogen (secondary N) is 1. The number of fused-ring (bicyclic) bond motifs is 1. The van der Waals surface area contributed by atoms with Crippen molar-refractivity contribution in [3.63, 3.8) is 0 Å². The largest absolute Gasteiger partial charge is 0.454 e. The van der Waals surface area contributed by atoms with E-state index < -0.39 is 0 Å². The van der Waals surface area contributed by atoms with E-state index in [0.717, 1.165) is 54.4 Å². The highest BCUT2D eigenvalue weighted by atomic mass is 16.7. The molecule has 0 bridgehead atoms. The Balaban J connectivity index is 1.59. The van der Waals surface area contributed by atoms with Gasteiger partial charge in [0.05, 0.1) is 25.0 Å². The van der Waals surface area contributed by atoms with Crippen molar-refractivity contribution in [2.45, 2.75) is 19.4 Å². The highest BCUT2D eigenvalue weighted by Crippen LogP contribution is 2.36. The lowest BCUT2D eigenvalue weighted by molar-refractivity contribution is -0.187. The number of rotatable bonds is 3. The van der Waals surface area contributed by atoms with Crippen LogP contribution in [0.2, 0.25) is 0 Å². The van der Waals surface area contributed by atoms with E-state index in [4.69, 9.17) is 14.3 Å². The molecular weight excluding hydrogens is 270 g/mol. The minimum atomic E-state index is 0.288. The molecule has 4 rings (SSSR count). The maximum absolute atomic E-state index is 5.66. The Morgan fingerprint density at radius 1 is 1.19 bits per heavy atom. The number of hydroxylamine groups is 2. The molecule has 21 heavy (non-hydrogen) atoms. The van der Waals surface area contributed by atoms with Gasteiger partial charge in [0.15, 0.2) is 11.5 Å². The third kappa shape index (κ3) is 2.48. The predicted molar refractivity (Wildman–Crippen MR) is 75.7 cm³/mol. The standard InChI is InChI=1S/C15H17N3O3/c1-2-6-21-18(5-1)9-12-8-16-17-15(12)11-3-4-13-14(7-11)20-10-19-13/h3-4,7-8H,1-2,5-6,9-10H2,(H,16,17). The zero-order valence-electron chi connectivity index (χ0n) is 11.7. The summed E-state index contributed by atoms with van der Waals surface area (Å²) in [6.07, 6.45) is 4.17. The summed E-state index contributed by atoms with van der Waals surface area (Å²) in [6.45, 7) is 2.79. The van der Waals surface area contributed by atoms with Gasteiger partial charge in [-0.2, -0.15) is 10.2 Å². The topological polar surface area (TPSA) is 59.6 Å². The second-order valence-electron chi connectivity index (χ2n) is 5.24. The molecule has 0 spiro atoms. The first-order valence-corrected chi connectivity index (χ1v) is 7.20. The van der Waals surface area contributed by atoms with Crippen molar-refractivity contribution >= 4 is 0 Å². The molecule has 6 heteroatoms. The zero-order chi connectivity index (χ0) is 14.1. The highest BCUT2D eigenvalue weighted by Gasteiger charge is 2.18. The fourth-order valence-electron chi connectivity index (χ4n) is 2.70. The van der Waals surface area contributed by atoms with Gasteiger partial charge in [-0.05, 0) is 31.0 Å². The minimum Gasteiger partial charge on any atom is -0.454 e. The van der Waals surface area contributed by atoms with Crippen LogP contribution < -0.4 is 9.47 Å². The number of hydrogen-bond acceptors (Lipinski definition) is 5. The lowest BCUT2D eigenvalue weighted by Crippen LogP contribution is -2.29. The van der Waals surface area contributed by atoms with Crippen molar-refractivity contribution < 1.29 is 14.3 Å². The van der Waals surface area contributed by atoms with Gasteiger partial charge in [0.1, 0.15) is 0 Å². The Labute approximate surface area is 122 Å². The lowest BCUT2D eigenvalue weighted by Gasteiger charge is -2.25. The second kappa shape index (κ2) is 5.38. The van der Waals surface area contributed by atoms with Crippen LogP contribution in [0.3, 0.4) is 0 Å². The Morgan fingerprint density at radius 2 is 2.14 bits per heavy atom. The van der Waals surface area contributed by atoms with Crippen molar-refractivity contribution in [3.05, 3.63) is 30.0 Å². The van der Waals surface area contributed by atoms with Crippen LogP contribution >= 0.6 is 0 Å².